The number of carbonyl (C=O) groups is 2. The van der Waals surface area contributed by atoms with E-state index in [1.54, 1.807) is 6.92 Å². The highest BCUT2D eigenvalue weighted by Crippen LogP contribution is 2.33. The van der Waals surface area contributed by atoms with Crippen LogP contribution in [0.25, 0.3) is 0 Å². The van der Waals surface area contributed by atoms with Gasteiger partial charge in [0.05, 0.1) is 6.61 Å². The van der Waals surface area contributed by atoms with Crippen LogP contribution >= 0.6 is 0 Å². The van der Waals surface area contributed by atoms with Gasteiger partial charge in [-0.3, -0.25) is 9.59 Å². The number of rotatable bonds is 8. The molecule has 3 saturated heterocycles. The van der Waals surface area contributed by atoms with Crippen molar-refractivity contribution < 1.29 is 23.6 Å². The van der Waals surface area contributed by atoms with Gasteiger partial charge in [-0.25, -0.2) is 0 Å². The van der Waals surface area contributed by atoms with Crippen LogP contribution in [0.4, 0.5) is 0 Å². The zero-order valence-corrected chi connectivity index (χ0v) is 19.2. The summed E-state index contributed by atoms with van der Waals surface area (Å²) in [6.45, 7) is 6.83. The molecule has 0 aromatic carbocycles. The van der Waals surface area contributed by atoms with Crippen LogP contribution in [0, 0.1) is 11.8 Å². The minimum Gasteiger partial charge on any atom is -0.381 e. The Balaban J connectivity index is 1.22. The molecule has 3 aliphatic rings. The second-order valence-electron chi connectivity index (χ2n) is 9.33. The number of hydrogen-bond donors (Lipinski definition) is 0. The van der Waals surface area contributed by atoms with Crippen LogP contribution in [0.15, 0.2) is 4.52 Å². The fourth-order valence-corrected chi connectivity index (χ4v) is 4.97. The van der Waals surface area contributed by atoms with Gasteiger partial charge in [-0.2, -0.15) is 4.98 Å². The summed E-state index contributed by atoms with van der Waals surface area (Å²) in [5.74, 6) is 2.39. The van der Waals surface area contributed by atoms with Gasteiger partial charge in [0, 0.05) is 59.2 Å². The van der Waals surface area contributed by atoms with Crippen LogP contribution in [0.1, 0.15) is 69.6 Å². The first-order valence-corrected chi connectivity index (χ1v) is 12.1. The molecule has 9 nitrogen and oxygen atoms in total. The third-order valence-corrected chi connectivity index (χ3v) is 7.03. The van der Waals surface area contributed by atoms with Crippen molar-refractivity contribution in [3.05, 3.63) is 11.7 Å². The molecule has 9 heteroatoms. The van der Waals surface area contributed by atoms with Gasteiger partial charge in [-0.05, 0) is 50.4 Å². The summed E-state index contributed by atoms with van der Waals surface area (Å²) >= 11 is 0. The number of ether oxygens (including phenoxy) is 2. The Labute approximate surface area is 189 Å². The van der Waals surface area contributed by atoms with E-state index in [9.17, 15) is 9.59 Å². The van der Waals surface area contributed by atoms with Crippen molar-refractivity contribution in [3.63, 3.8) is 0 Å². The quantitative estimate of drug-likeness (QED) is 0.563. The fourth-order valence-electron chi connectivity index (χ4n) is 4.97. The molecule has 1 atom stereocenters. The molecule has 4 heterocycles. The Hall–Kier alpha value is -2.00. The lowest BCUT2D eigenvalue weighted by atomic mass is 9.93. The van der Waals surface area contributed by atoms with Crippen LogP contribution in [0.5, 0.6) is 0 Å². The third-order valence-electron chi connectivity index (χ3n) is 7.03. The first kappa shape index (κ1) is 23.2. The fraction of sp³-hybridized carbons (Fsp3) is 0.826. The van der Waals surface area contributed by atoms with Gasteiger partial charge >= 0.3 is 0 Å². The Morgan fingerprint density at radius 3 is 2.59 bits per heavy atom. The van der Waals surface area contributed by atoms with E-state index in [1.807, 2.05) is 9.80 Å². The van der Waals surface area contributed by atoms with E-state index in [0.29, 0.717) is 43.0 Å². The third kappa shape index (κ3) is 6.07. The van der Waals surface area contributed by atoms with Crippen molar-refractivity contribution >= 4 is 11.8 Å². The van der Waals surface area contributed by atoms with Gasteiger partial charge in [-0.1, -0.05) is 5.16 Å². The minimum atomic E-state index is -0.121. The zero-order valence-electron chi connectivity index (χ0n) is 19.2. The molecule has 1 aromatic rings. The highest BCUT2D eigenvalue weighted by molar-refractivity contribution is 5.77. The van der Waals surface area contributed by atoms with E-state index < -0.39 is 0 Å². The summed E-state index contributed by atoms with van der Waals surface area (Å²) in [5.41, 5.74) is 0. The molecule has 4 rings (SSSR count). The number of likely N-dealkylation sites (tertiary alicyclic amines) is 2. The molecular formula is C23H36N4O5. The molecule has 3 aliphatic heterocycles. The van der Waals surface area contributed by atoms with Crippen molar-refractivity contribution in [2.75, 3.05) is 46.1 Å². The SMILES string of the molecule is CC(=O)N1CCC(CC(=O)N2CCCC2c2nc(CCOCC3CCOCC3)no2)CC1. The van der Waals surface area contributed by atoms with Crippen LogP contribution in [-0.2, 0) is 25.5 Å². The molecule has 0 bridgehead atoms. The molecule has 3 fully saturated rings. The maximum absolute atomic E-state index is 13.0. The van der Waals surface area contributed by atoms with Crippen molar-refractivity contribution in [1.82, 2.24) is 19.9 Å². The molecule has 0 spiro atoms. The van der Waals surface area contributed by atoms with Gasteiger partial charge in [0.1, 0.15) is 6.04 Å². The van der Waals surface area contributed by atoms with E-state index in [0.717, 1.165) is 78.0 Å². The van der Waals surface area contributed by atoms with Crippen LogP contribution in [0.2, 0.25) is 0 Å². The lowest BCUT2D eigenvalue weighted by Gasteiger charge is -2.32. The van der Waals surface area contributed by atoms with Gasteiger partial charge in [0.15, 0.2) is 5.82 Å². The zero-order chi connectivity index (χ0) is 22.3. The number of nitrogens with zero attached hydrogens (tertiary/aromatic N) is 4. The second-order valence-corrected chi connectivity index (χ2v) is 9.33. The summed E-state index contributed by atoms with van der Waals surface area (Å²) in [5, 5.41) is 4.12. The predicted molar refractivity (Wildman–Crippen MR) is 116 cm³/mol. The van der Waals surface area contributed by atoms with E-state index in [-0.39, 0.29) is 17.9 Å². The summed E-state index contributed by atoms with van der Waals surface area (Å²) < 4.78 is 16.7. The number of amides is 2. The molecule has 0 N–H and O–H groups in total. The molecule has 0 saturated carbocycles. The van der Waals surface area contributed by atoms with E-state index >= 15 is 0 Å². The first-order chi connectivity index (χ1) is 15.6. The topological polar surface area (TPSA) is 98.0 Å². The lowest BCUT2D eigenvalue weighted by Crippen LogP contribution is -2.39. The number of aromatic nitrogens is 2. The molecule has 32 heavy (non-hydrogen) atoms. The molecule has 1 unspecified atom stereocenters. The largest absolute Gasteiger partial charge is 0.381 e. The second kappa shape index (κ2) is 11.2. The molecular weight excluding hydrogens is 412 g/mol. The first-order valence-electron chi connectivity index (χ1n) is 12.1. The van der Waals surface area contributed by atoms with E-state index in [2.05, 4.69) is 10.1 Å². The van der Waals surface area contributed by atoms with E-state index in [4.69, 9.17) is 14.0 Å². The number of carbonyl (C=O) groups excluding carboxylic acids is 2. The average molecular weight is 449 g/mol. The average Bonchev–Trinajstić information content (AvgIpc) is 3.47. The standard InChI is InChI=1S/C23H36N4O5/c1-17(28)26-10-4-18(5-11-26)15-22(29)27-9-2-3-20(27)23-24-21(25-32-23)8-14-31-16-19-6-12-30-13-7-19/h18-20H,2-16H2,1H3. The van der Waals surface area contributed by atoms with Gasteiger partial charge < -0.3 is 23.8 Å². The van der Waals surface area contributed by atoms with Gasteiger partial charge in [0.2, 0.25) is 17.7 Å². The van der Waals surface area contributed by atoms with Gasteiger partial charge in [0.25, 0.3) is 0 Å². The Kier molecular flexibility index (Phi) is 8.13. The van der Waals surface area contributed by atoms with Crippen LogP contribution < -0.4 is 0 Å². The normalized spacial score (nSPS) is 23.1. The maximum Gasteiger partial charge on any atom is 0.249 e. The van der Waals surface area contributed by atoms with Crippen molar-refractivity contribution in [2.24, 2.45) is 11.8 Å². The smallest absolute Gasteiger partial charge is 0.249 e. The Bertz CT molecular complexity index is 755. The number of hydrogen-bond acceptors (Lipinski definition) is 7. The molecule has 0 aliphatic carbocycles. The molecule has 2 amide bonds. The highest BCUT2D eigenvalue weighted by Gasteiger charge is 2.35. The summed E-state index contributed by atoms with van der Waals surface area (Å²) in [6.07, 6.45) is 6.86. The molecule has 178 valence electrons. The minimum absolute atomic E-state index is 0.121. The lowest BCUT2D eigenvalue weighted by molar-refractivity contribution is -0.134. The Morgan fingerprint density at radius 2 is 1.84 bits per heavy atom. The van der Waals surface area contributed by atoms with Crippen LogP contribution in [0.3, 0.4) is 0 Å². The maximum atomic E-state index is 13.0. The Morgan fingerprint density at radius 1 is 1.06 bits per heavy atom. The summed E-state index contributed by atoms with van der Waals surface area (Å²) in [4.78, 5) is 32.9. The number of piperidine rings is 1. The van der Waals surface area contributed by atoms with Crippen LogP contribution in [-0.4, -0.2) is 77.8 Å². The monoisotopic (exact) mass is 448 g/mol. The van der Waals surface area contributed by atoms with Crippen molar-refractivity contribution in [3.8, 4) is 0 Å². The van der Waals surface area contributed by atoms with E-state index in [1.165, 1.54) is 0 Å². The molecule has 0 radical (unpaired) electrons. The van der Waals surface area contributed by atoms with Crippen molar-refractivity contribution in [2.45, 2.75) is 64.3 Å². The van der Waals surface area contributed by atoms with Gasteiger partial charge in [-0.15, -0.1) is 0 Å². The molecule has 1 aromatic heterocycles. The highest BCUT2D eigenvalue weighted by atomic mass is 16.5. The summed E-state index contributed by atoms with van der Waals surface area (Å²) in [7, 11) is 0. The van der Waals surface area contributed by atoms with Crippen molar-refractivity contribution in [1.29, 1.82) is 0 Å². The predicted octanol–water partition coefficient (Wildman–Crippen LogP) is 2.37. The summed E-state index contributed by atoms with van der Waals surface area (Å²) in [6, 6.07) is -0.121.